The fourth-order valence-electron chi connectivity index (χ4n) is 2.41. The van der Waals surface area contributed by atoms with Crippen molar-refractivity contribution in [2.45, 2.75) is 13.8 Å². The summed E-state index contributed by atoms with van der Waals surface area (Å²) >= 11 is 0. The molecule has 2 aromatic rings. The first-order valence-corrected chi connectivity index (χ1v) is 7.83. The normalized spacial score (nSPS) is 11.4. The van der Waals surface area contributed by atoms with Gasteiger partial charge in [-0.2, -0.15) is 5.10 Å². The van der Waals surface area contributed by atoms with Gasteiger partial charge < -0.3 is 15.5 Å². The molecule has 2 rings (SSSR count). The monoisotopic (exact) mass is 345 g/mol. The molecule has 9 heteroatoms. The molecule has 0 aliphatic heterocycles. The summed E-state index contributed by atoms with van der Waals surface area (Å²) in [6, 6.07) is 1.69. The summed E-state index contributed by atoms with van der Waals surface area (Å²) in [6.45, 7) is 5.23. The number of amides is 2. The Labute approximate surface area is 146 Å². The van der Waals surface area contributed by atoms with E-state index in [-0.39, 0.29) is 5.41 Å². The molecule has 0 radical (unpaired) electrons. The first-order valence-electron chi connectivity index (χ1n) is 7.83. The molecule has 0 fully saturated rings. The van der Waals surface area contributed by atoms with Crippen molar-refractivity contribution in [2.24, 2.45) is 5.41 Å². The van der Waals surface area contributed by atoms with E-state index in [1.165, 1.54) is 17.1 Å². The highest BCUT2D eigenvalue weighted by Gasteiger charge is 2.22. The lowest BCUT2D eigenvalue weighted by Gasteiger charge is -2.28. The molecule has 0 saturated carbocycles. The Balaban J connectivity index is 1.89. The summed E-state index contributed by atoms with van der Waals surface area (Å²) in [7, 11) is 3.93. The summed E-state index contributed by atoms with van der Waals surface area (Å²) in [5.74, 6) is -1.05. The summed E-state index contributed by atoms with van der Waals surface area (Å²) in [5, 5.41) is 9.22. The van der Waals surface area contributed by atoms with Crippen molar-refractivity contribution in [1.29, 1.82) is 0 Å². The minimum absolute atomic E-state index is 0.144. The molecule has 2 amide bonds. The van der Waals surface area contributed by atoms with E-state index in [9.17, 15) is 9.59 Å². The number of carbonyl (C=O) groups excluding carboxylic acids is 2. The Bertz CT molecular complexity index is 725. The molecular weight excluding hydrogens is 322 g/mol. The van der Waals surface area contributed by atoms with E-state index in [2.05, 4.69) is 25.7 Å². The van der Waals surface area contributed by atoms with E-state index in [0.717, 1.165) is 6.54 Å². The molecule has 25 heavy (non-hydrogen) atoms. The Kier molecular flexibility index (Phi) is 5.81. The molecule has 2 aromatic heterocycles. The Morgan fingerprint density at radius 1 is 1.20 bits per heavy atom. The zero-order valence-electron chi connectivity index (χ0n) is 14.9. The van der Waals surface area contributed by atoms with Crippen LogP contribution in [0.5, 0.6) is 0 Å². The number of nitrogens with zero attached hydrogens (tertiary/aromatic N) is 5. The van der Waals surface area contributed by atoms with Crippen molar-refractivity contribution in [3.63, 3.8) is 0 Å². The highest BCUT2D eigenvalue weighted by molar-refractivity contribution is 6.39. The number of hydrogen-bond donors (Lipinski definition) is 2. The van der Waals surface area contributed by atoms with Gasteiger partial charge in [0.05, 0.1) is 18.1 Å². The van der Waals surface area contributed by atoms with E-state index in [1.807, 2.05) is 32.8 Å². The molecule has 0 aromatic carbocycles. The lowest BCUT2D eigenvalue weighted by atomic mass is 9.93. The van der Waals surface area contributed by atoms with Gasteiger partial charge in [-0.1, -0.05) is 13.8 Å². The third-order valence-corrected chi connectivity index (χ3v) is 3.28. The van der Waals surface area contributed by atoms with Crippen LogP contribution in [-0.2, 0) is 9.59 Å². The topological polar surface area (TPSA) is 105 Å². The predicted molar refractivity (Wildman–Crippen MR) is 93.1 cm³/mol. The van der Waals surface area contributed by atoms with Crippen LogP contribution in [0.2, 0.25) is 0 Å². The zero-order chi connectivity index (χ0) is 18.4. The minimum Gasteiger partial charge on any atom is -0.347 e. The molecule has 0 bridgehead atoms. The largest absolute Gasteiger partial charge is 0.347 e. The van der Waals surface area contributed by atoms with Crippen LogP contribution in [0.4, 0.5) is 5.69 Å². The van der Waals surface area contributed by atoms with Crippen LogP contribution >= 0.6 is 0 Å². The second-order valence-corrected chi connectivity index (χ2v) is 6.76. The van der Waals surface area contributed by atoms with Crippen molar-refractivity contribution in [2.75, 3.05) is 32.5 Å². The second-order valence-electron chi connectivity index (χ2n) is 6.76. The lowest BCUT2D eigenvalue weighted by Crippen LogP contribution is -2.43. The van der Waals surface area contributed by atoms with Gasteiger partial charge in [-0.15, -0.1) is 0 Å². The maximum atomic E-state index is 12.0. The standard InChI is InChI=1S/C16H23N7O2/c1-16(2,11-22(3)4)10-19-13(24)14(25)21-12-8-20-23(9-12)15-17-6-5-7-18-15/h5-9H,10-11H2,1-4H3,(H,19,24)(H,21,25). The maximum Gasteiger partial charge on any atom is 0.313 e. The highest BCUT2D eigenvalue weighted by atomic mass is 16.2. The fraction of sp³-hybridized carbons (Fsp3) is 0.438. The Morgan fingerprint density at radius 2 is 1.88 bits per heavy atom. The van der Waals surface area contributed by atoms with Crippen LogP contribution in [0.1, 0.15) is 13.8 Å². The fourth-order valence-corrected chi connectivity index (χ4v) is 2.41. The summed E-state index contributed by atoms with van der Waals surface area (Å²) in [5.41, 5.74) is 0.245. The molecule has 0 spiro atoms. The Morgan fingerprint density at radius 3 is 2.52 bits per heavy atom. The van der Waals surface area contributed by atoms with Crippen LogP contribution < -0.4 is 10.6 Å². The molecule has 0 aliphatic rings. The first kappa shape index (κ1) is 18.5. The minimum atomic E-state index is -0.741. The van der Waals surface area contributed by atoms with E-state index in [4.69, 9.17) is 0 Å². The van der Waals surface area contributed by atoms with Crippen LogP contribution in [0, 0.1) is 5.41 Å². The molecule has 9 nitrogen and oxygen atoms in total. The molecule has 0 aliphatic carbocycles. The van der Waals surface area contributed by atoms with Crippen LogP contribution in [0.25, 0.3) is 5.95 Å². The number of aromatic nitrogens is 4. The molecule has 2 heterocycles. The van der Waals surface area contributed by atoms with E-state index in [0.29, 0.717) is 18.2 Å². The molecule has 134 valence electrons. The average Bonchev–Trinajstić information content (AvgIpc) is 3.01. The van der Waals surface area contributed by atoms with Gasteiger partial charge in [-0.05, 0) is 25.6 Å². The van der Waals surface area contributed by atoms with Gasteiger partial charge in [-0.25, -0.2) is 14.6 Å². The quantitative estimate of drug-likeness (QED) is 0.730. The first-order chi connectivity index (χ1) is 11.8. The van der Waals surface area contributed by atoms with Gasteiger partial charge in [-0.3, -0.25) is 9.59 Å². The van der Waals surface area contributed by atoms with Gasteiger partial charge in [0.25, 0.3) is 0 Å². The highest BCUT2D eigenvalue weighted by Crippen LogP contribution is 2.14. The van der Waals surface area contributed by atoms with Crippen LogP contribution in [-0.4, -0.2) is 63.6 Å². The maximum absolute atomic E-state index is 12.0. The third kappa shape index (κ3) is 5.64. The number of rotatable bonds is 6. The number of anilines is 1. The zero-order valence-corrected chi connectivity index (χ0v) is 14.9. The molecular formula is C16H23N7O2. The number of carbonyl (C=O) groups is 2. The Hall–Kier alpha value is -2.81. The number of nitrogens with one attached hydrogen (secondary N) is 2. The molecule has 0 atom stereocenters. The number of hydrogen-bond acceptors (Lipinski definition) is 6. The van der Waals surface area contributed by atoms with Crippen LogP contribution in [0.3, 0.4) is 0 Å². The average molecular weight is 345 g/mol. The summed E-state index contributed by atoms with van der Waals surface area (Å²) in [4.78, 5) is 34.1. The molecule has 0 unspecified atom stereocenters. The van der Waals surface area contributed by atoms with Gasteiger partial charge >= 0.3 is 11.8 Å². The van der Waals surface area contributed by atoms with Gasteiger partial charge in [0.2, 0.25) is 5.95 Å². The predicted octanol–water partition coefficient (Wildman–Crippen LogP) is 0.305. The van der Waals surface area contributed by atoms with E-state index >= 15 is 0 Å². The lowest BCUT2D eigenvalue weighted by molar-refractivity contribution is -0.136. The van der Waals surface area contributed by atoms with Crippen molar-refractivity contribution < 1.29 is 9.59 Å². The van der Waals surface area contributed by atoms with Crippen molar-refractivity contribution >= 4 is 17.5 Å². The smallest absolute Gasteiger partial charge is 0.313 e. The third-order valence-electron chi connectivity index (χ3n) is 3.28. The van der Waals surface area contributed by atoms with Gasteiger partial charge in [0.15, 0.2) is 0 Å². The summed E-state index contributed by atoms with van der Waals surface area (Å²) < 4.78 is 1.41. The van der Waals surface area contributed by atoms with Crippen molar-refractivity contribution in [3.8, 4) is 5.95 Å². The molecule has 2 N–H and O–H groups in total. The molecule has 0 saturated heterocycles. The van der Waals surface area contributed by atoms with Crippen molar-refractivity contribution in [1.82, 2.24) is 30.0 Å². The van der Waals surface area contributed by atoms with Gasteiger partial charge in [0.1, 0.15) is 0 Å². The summed E-state index contributed by atoms with van der Waals surface area (Å²) in [6.07, 6.45) is 6.14. The van der Waals surface area contributed by atoms with E-state index < -0.39 is 11.8 Å². The SMILES string of the molecule is CN(C)CC(C)(C)CNC(=O)C(=O)Nc1cnn(-c2ncccn2)c1. The van der Waals surface area contributed by atoms with Gasteiger partial charge in [0, 0.05) is 25.5 Å². The second kappa shape index (κ2) is 7.84. The van der Waals surface area contributed by atoms with Crippen molar-refractivity contribution in [3.05, 3.63) is 30.9 Å². The van der Waals surface area contributed by atoms with Crippen LogP contribution in [0.15, 0.2) is 30.9 Å². The van der Waals surface area contributed by atoms with E-state index in [1.54, 1.807) is 18.5 Å².